The summed E-state index contributed by atoms with van der Waals surface area (Å²) in [5.74, 6) is -0.176. The fraction of sp³-hybridized carbons (Fsp3) is 0.414. The van der Waals surface area contributed by atoms with Gasteiger partial charge in [0.15, 0.2) is 0 Å². The van der Waals surface area contributed by atoms with Gasteiger partial charge in [0.05, 0.1) is 6.61 Å². The Morgan fingerprint density at radius 2 is 1.94 bits per heavy atom. The fourth-order valence-corrected chi connectivity index (χ4v) is 4.95. The molecule has 0 aromatic heterocycles. The smallest absolute Gasteiger partial charge is 0.270 e. The fourth-order valence-electron chi connectivity index (χ4n) is 4.95. The second-order valence-electron chi connectivity index (χ2n) is 9.45. The van der Waals surface area contributed by atoms with E-state index in [0.29, 0.717) is 37.9 Å². The second-order valence-corrected chi connectivity index (χ2v) is 9.45. The molecule has 1 fully saturated rings. The minimum Gasteiger partial charge on any atom is -0.395 e. The highest BCUT2D eigenvalue weighted by molar-refractivity contribution is 5.93. The van der Waals surface area contributed by atoms with E-state index in [2.05, 4.69) is 28.4 Å². The first-order valence-corrected chi connectivity index (χ1v) is 12.7. The third kappa shape index (κ3) is 6.59. The average Bonchev–Trinajstić information content (AvgIpc) is 2.84. The van der Waals surface area contributed by atoms with Crippen LogP contribution in [-0.4, -0.2) is 53.1 Å². The monoisotopic (exact) mass is 477 g/mol. The van der Waals surface area contributed by atoms with Gasteiger partial charge in [-0.25, -0.2) is 4.39 Å². The summed E-state index contributed by atoms with van der Waals surface area (Å²) in [4.78, 5) is 17.7. The number of carbonyl (C=O) groups is 1. The first-order valence-electron chi connectivity index (χ1n) is 12.7. The number of hydrogen-bond donors (Lipinski definition) is 2. The Kier molecular flexibility index (Phi) is 8.72. The molecule has 2 aromatic rings. The highest BCUT2D eigenvalue weighted by Crippen LogP contribution is 2.29. The molecule has 0 unspecified atom stereocenters. The molecule has 6 heteroatoms. The van der Waals surface area contributed by atoms with Crippen LogP contribution in [-0.2, 0) is 11.3 Å². The number of allylic oxidation sites excluding steroid dienone is 2. The minimum absolute atomic E-state index is 0.0660. The maximum absolute atomic E-state index is 14.2. The van der Waals surface area contributed by atoms with Crippen LogP contribution in [0.1, 0.15) is 43.2 Å². The normalized spacial score (nSPS) is 17.2. The number of nitrogens with one attached hydrogen (secondary N) is 1. The van der Waals surface area contributed by atoms with E-state index >= 15 is 0 Å². The van der Waals surface area contributed by atoms with Gasteiger partial charge < -0.3 is 20.2 Å². The summed E-state index contributed by atoms with van der Waals surface area (Å²) >= 11 is 0. The van der Waals surface area contributed by atoms with Gasteiger partial charge in [-0.3, -0.25) is 4.79 Å². The molecular formula is C29H36FN3O2. The van der Waals surface area contributed by atoms with Crippen molar-refractivity contribution in [2.45, 2.75) is 51.6 Å². The largest absolute Gasteiger partial charge is 0.395 e. The van der Waals surface area contributed by atoms with Crippen LogP contribution in [0, 0.1) is 12.7 Å². The van der Waals surface area contributed by atoms with Gasteiger partial charge in [0.25, 0.3) is 5.91 Å². The van der Waals surface area contributed by atoms with Gasteiger partial charge in [0, 0.05) is 38.4 Å². The molecule has 2 aliphatic rings. The molecule has 0 spiro atoms. The molecule has 4 rings (SSSR count). The van der Waals surface area contributed by atoms with Crippen molar-refractivity contribution in [3.05, 3.63) is 83.5 Å². The van der Waals surface area contributed by atoms with Gasteiger partial charge in [-0.2, -0.15) is 0 Å². The summed E-state index contributed by atoms with van der Waals surface area (Å²) in [5.41, 5.74) is 4.48. The maximum Gasteiger partial charge on any atom is 0.270 e. The summed E-state index contributed by atoms with van der Waals surface area (Å²) in [6.07, 6.45) is 10.9. The highest BCUT2D eigenvalue weighted by Gasteiger charge is 2.27. The molecule has 2 aromatic carbocycles. The Bertz CT molecular complexity index is 1050. The zero-order valence-electron chi connectivity index (χ0n) is 20.5. The van der Waals surface area contributed by atoms with Crippen molar-refractivity contribution in [3.8, 4) is 11.1 Å². The number of likely N-dealkylation sites (tertiary alicyclic amines) is 1. The summed E-state index contributed by atoms with van der Waals surface area (Å²) in [7, 11) is 0. The molecule has 0 saturated carbocycles. The first-order chi connectivity index (χ1) is 17.0. The SMILES string of the molecule is Cc1cc(F)cc(-c2ccccc2CN2C=CCCCC=C2C(=O)N2CCC(NCCO)CC2)c1. The summed E-state index contributed by atoms with van der Waals surface area (Å²) in [6.45, 7) is 4.56. The number of carbonyl (C=O) groups excluding carboxylic acids is 1. The summed E-state index contributed by atoms with van der Waals surface area (Å²) < 4.78 is 14.2. The molecule has 35 heavy (non-hydrogen) atoms. The lowest BCUT2D eigenvalue weighted by molar-refractivity contribution is -0.129. The van der Waals surface area contributed by atoms with Gasteiger partial charge >= 0.3 is 0 Å². The van der Waals surface area contributed by atoms with Crippen molar-refractivity contribution in [2.75, 3.05) is 26.2 Å². The van der Waals surface area contributed by atoms with E-state index in [1.807, 2.05) is 42.3 Å². The van der Waals surface area contributed by atoms with E-state index in [0.717, 1.165) is 54.4 Å². The molecule has 0 atom stereocenters. The average molecular weight is 478 g/mol. The molecule has 0 aliphatic carbocycles. The number of amides is 1. The van der Waals surface area contributed by atoms with E-state index in [1.54, 1.807) is 6.07 Å². The lowest BCUT2D eigenvalue weighted by Crippen LogP contribution is -2.47. The number of nitrogens with zero attached hydrogens (tertiary/aromatic N) is 2. The molecule has 2 aliphatic heterocycles. The molecular weight excluding hydrogens is 441 g/mol. The Balaban J connectivity index is 1.55. The van der Waals surface area contributed by atoms with E-state index in [-0.39, 0.29) is 18.3 Å². The van der Waals surface area contributed by atoms with E-state index in [1.165, 1.54) is 6.07 Å². The Morgan fingerprint density at radius 1 is 1.14 bits per heavy atom. The highest BCUT2D eigenvalue weighted by atomic mass is 19.1. The standard InChI is InChI=1S/C29H36FN3O2/c1-22-18-24(20-25(30)19-22)27-9-6-5-8-23(27)21-33-14-7-3-2-4-10-28(33)29(35)32-15-11-26(12-16-32)31-13-17-34/h5-10,14,18-20,26,31,34H,2-4,11-13,15-17,21H2,1H3. The zero-order valence-corrected chi connectivity index (χ0v) is 20.5. The van der Waals surface area contributed by atoms with Gasteiger partial charge in [0.2, 0.25) is 0 Å². The van der Waals surface area contributed by atoms with Crippen LogP contribution in [0.25, 0.3) is 11.1 Å². The predicted octanol–water partition coefficient (Wildman–Crippen LogP) is 4.76. The van der Waals surface area contributed by atoms with Gasteiger partial charge in [-0.15, -0.1) is 0 Å². The van der Waals surface area contributed by atoms with Crippen molar-refractivity contribution in [1.29, 1.82) is 0 Å². The number of piperidine rings is 1. The molecule has 186 valence electrons. The minimum atomic E-state index is -0.242. The molecule has 2 heterocycles. The number of aryl methyl sites for hydroxylation is 1. The van der Waals surface area contributed by atoms with Crippen LogP contribution < -0.4 is 5.32 Å². The van der Waals surface area contributed by atoms with E-state index in [9.17, 15) is 9.18 Å². The van der Waals surface area contributed by atoms with E-state index in [4.69, 9.17) is 5.11 Å². The third-order valence-corrected chi connectivity index (χ3v) is 6.76. The quantitative estimate of drug-likeness (QED) is 0.604. The number of aliphatic hydroxyl groups is 1. The van der Waals surface area contributed by atoms with Crippen molar-refractivity contribution >= 4 is 5.91 Å². The molecule has 1 amide bonds. The van der Waals surface area contributed by atoms with Crippen molar-refractivity contribution in [2.24, 2.45) is 0 Å². The van der Waals surface area contributed by atoms with Crippen LogP contribution in [0.5, 0.6) is 0 Å². The Morgan fingerprint density at radius 3 is 2.71 bits per heavy atom. The summed E-state index contributed by atoms with van der Waals surface area (Å²) in [5, 5.41) is 12.4. The molecule has 2 N–H and O–H groups in total. The first kappa shape index (κ1) is 25.1. The van der Waals surface area contributed by atoms with Crippen LogP contribution in [0.15, 0.2) is 66.5 Å². The van der Waals surface area contributed by atoms with Gasteiger partial charge in [-0.1, -0.05) is 42.5 Å². The molecule has 5 nitrogen and oxygen atoms in total. The lowest BCUT2D eigenvalue weighted by atomic mass is 9.97. The van der Waals surface area contributed by atoms with Crippen LogP contribution in [0.4, 0.5) is 4.39 Å². The lowest BCUT2D eigenvalue weighted by Gasteiger charge is -2.35. The molecule has 0 radical (unpaired) electrons. The Hall–Kier alpha value is -2.96. The maximum atomic E-state index is 14.2. The van der Waals surface area contributed by atoms with Crippen LogP contribution in [0.3, 0.4) is 0 Å². The van der Waals surface area contributed by atoms with Crippen molar-refractivity contribution in [3.63, 3.8) is 0 Å². The molecule has 0 bridgehead atoms. The third-order valence-electron chi connectivity index (χ3n) is 6.76. The molecule has 1 saturated heterocycles. The predicted molar refractivity (Wildman–Crippen MR) is 138 cm³/mol. The second kappa shape index (κ2) is 12.1. The van der Waals surface area contributed by atoms with Crippen molar-refractivity contribution < 1.29 is 14.3 Å². The number of aliphatic hydroxyl groups excluding tert-OH is 1. The summed E-state index contributed by atoms with van der Waals surface area (Å²) in [6, 6.07) is 13.5. The zero-order chi connectivity index (χ0) is 24.6. The van der Waals surface area contributed by atoms with Crippen molar-refractivity contribution in [1.82, 2.24) is 15.1 Å². The van der Waals surface area contributed by atoms with Crippen LogP contribution >= 0.6 is 0 Å². The van der Waals surface area contributed by atoms with Crippen LogP contribution in [0.2, 0.25) is 0 Å². The number of halogens is 1. The van der Waals surface area contributed by atoms with E-state index < -0.39 is 0 Å². The topological polar surface area (TPSA) is 55.8 Å². The number of hydrogen-bond acceptors (Lipinski definition) is 4. The number of rotatable bonds is 7. The van der Waals surface area contributed by atoms with Gasteiger partial charge in [-0.05, 0) is 73.4 Å². The Labute approximate surface area is 207 Å². The number of benzene rings is 2. The van der Waals surface area contributed by atoms with Gasteiger partial charge in [0.1, 0.15) is 11.5 Å².